The van der Waals surface area contributed by atoms with E-state index in [2.05, 4.69) is 38.2 Å². The van der Waals surface area contributed by atoms with Crippen LogP contribution in [-0.2, 0) is 11.2 Å². The van der Waals surface area contributed by atoms with Gasteiger partial charge in [-0.15, -0.1) is 0 Å². The Kier molecular flexibility index (Phi) is 4.47. The molecule has 1 aromatic rings. The number of fused-ring (bicyclic) bond motifs is 4. The second-order valence-electron chi connectivity index (χ2n) is 9.90. The highest BCUT2D eigenvalue weighted by Crippen LogP contribution is 2.67. The van der Waals surface area contributed by atoms with E-state index in [-0.39, 0.29) is 22.8 Å². The van der Waals surface area contributed by atoms with Gasteiger partial charge in [-0.2, -0.15) is 0 Å². The lowest BCUT2D eigenvalue weighted by Gasteiger charge is -2.55. The molecule has 0 heterocycles. The van der Waals surface area contributed by atoms with Gasteiger partial charge in [-0.3, -0.25) is 0 Å². The number of rotatable bonds is 3. The number of aliphatic hydroxyl groups is 2. The fourth-order valence-electron chi connectivity index (χ4n) is 7.17. The minimum absolute atomic E-state index is 0.0432. The van der Waals surface area contributed by atoms with Crippen molar-refractivity contribution in [1.82, 2.24) is 0 Å². The molecule has 0 aliphatic heterocycles. The molecule has 2 saturated carbocycles. The van der Waals surface area contributed by atoms with Crippen LogP contribution in [0.5, 0.6) is 0 Å². The molecule has 0 amide bonds. The first-order valence-corrected chi connectivity index (χ1v) is 11.1. The van der Waals surface area contributed by atoms with Crippen LogP contribution < -0.4 is 0 Å². The summed E-state index contributed by atoms with van der Waals surface area (Å²) in [6.07, 6.45) is 10.7. The van der Waals surface area contributed by atoms with Gasteiger partial charge in [0.1, 0.15) is 19.4 Å². The van der Waals surface area contributed by atoms with E-state index in [0.717, 1.165) is 50.7 Å². The highest BCUT2D eigenvalue weighted by molar-refractivity contribution is 6.18. The molecule has 1 aromatic carbocycles. The number of allylic oxidation sites excluding steroid dienone is 4. The zero-order chi connectivity index (χ0) is 20.2. The molecule has 0 spiro atoms. The monoisotopic (exact) mass is 390 g/mol. The summed E-state index contributed by atoms with van der Waals surface area (Å²) in [4.78, 5) is 0. The summed E-state index contributed by atoms with van der Waals surface area (Å²) in [6, 6.07) is 10.8. The standard InChI is InChI=1S/C25H31BO3/c1-29-22-13-18(27)11-17-7-8-20-21-12-19(28)15-24(21,9-10-25(20,26)23(17)22)14-16-5-3-2-4-6-16/h2-6,11,13,17,19,23,27-28H,7-10,12,14-15,26H2,1H3/t17?,19-,23?,24?,25+/m0/s1. The quantitative estimate of drug-likeness (QED) is 0.599. The first kappa shape index (κ1) is 19.1. The molecule has 5 rings (SSSR count). The van der Waals surface area contributed by atoms with E-state index in [1.807, 2.05) is 12.2 Å². The van der Waals surface area contributed by atoms with Crippen LogP contribution in [-0.4, -0.2) is 31.3 Å². The maximum atomic E-state index is 10.7. The Labute approximate surface area is 174 Å². The van der Waals surface area contributed by atoms with E-state index < -0.39 is 0 Å². The van der Waals surface area contributed by atoms with Crippen molar-refractivity contribution in [1.29, 1.82) is 0 Å². The predicted molar refractivity (Wildman–Crippen MR) is 117 cm³/mol. The zero-order valence-electron chi connectivity index (χ0n) is 17.5. The van der Waals surface area contributed by atoms with Crippen LogP contribution in [0.15, 0.2) is 65.1 Å². The van der Waals surface area contributed by atoms with E-state index in [1.54, 1.807) is 12.7 Å². The van der Waals surface area contributed by atoms with E-state index in [9.17, 15) is 10.2 Å². The topological polar surface area (TPSA) is 49.7 Å². The molecule has 0 saturated heterocycles. The van der Waals surface area contributed by atoms with Crippen LogP contribution in [0.4, 0.5) is 0 Å². The third kappa shape index (κ3) is 2.91. The fourth-order valence-corrected chi connectivity index (χ4v) is 7.17. The van der Waals surface area contributed by atoms with Gasteiger partial charge in [0.15, 0.2) is 0 Å². The van der Waals surface area contributed by atoms with Gasteiger partial charge in [-0.1, -0.05) is 41.5 Å². The number of hydrogen-bond acceptors (Lipinski definition) is 3. The Morgan fingerprint density at radius 2 is 1.97 bits per heavy atom. The van der Waals surface area contributed by atoms with E-state index in [4.69, 9.17) is 4.74 Å². The molecule has 0 aromatic heterocycles. The van der Waals surface area contributed by atoms with Crippen LogP contribution in [0, 0.1) is 17.3 Å². The third-order valence-electron chi connectivity index (χ3n) is 8.33. The normalized spacial score (nSPS) is 38.5. The highest BCUT2D eigenvalue weighted by atomic mass is 16.5. The first-order valence-electron chi connectivity index (χ1n) is 11.1. The Morgan fingerprint density at radius 1 is 1.17 bits per heavy atom. The lowest BCUT2D eigenvalue weighted by molar-refractivity contribution is 0.125. The van der Waals surface area contributed by atoms with Crippen molar-refractivity contribution in [2.75, 3.05) is 7.11 Å². The Morgan fingerprint density at radius 3 is 2.72 bits per heavy atom. The molecule has 4 heteroatoms. The highest BCUT2D eigenvalue weighted by Gasteiger charge is 2.56. The predicted octanol–water partition coefficient (Wildman–Crippen LogP) is 4.26. The second kappa shape index (κ2) is 6.80. The Hall–Kier alpha value is -1.94. The van der Waals surface area contributed by atoms with Crippen molar-refractivity contribution in [3.8, 4) is 0 Å². The summed E-state index contributed by atoms with van der Waals surface area (Å²) in [5.41, 5.74) is 4.59. The molecule has 3 unspecified atom stereocenters. The lowest BCUT2D eigenvalue weighted by atomic mass is 9.42. The van der Waals surface area contributed by atoms with Gasteiger partial charge in [0.25, 0.3) is 0 Å². The number of methoxy groups -OCH3 is 1. The molecule has 29 heavy (non-hydrogen) atoms. The summed E-state index contributed by atoms with van der Waals surface area (Å²) in [6.45, 7) is 0. The average molecular weight is 390 g/mol. The molecule has 152 valence electrons. The van der Waals surface area contributed by atoms with Crippen molar-refractivity contribution < 1.29 is 14.9 Å². The van der Waals surface area contributed by atoms with Crippen molar-refractivity contribution in [2.45, 2.75) is 56.4 Å². The SMILES string of the molecule is B[C@]12CCC3(Cc4ccccc4)C[C@@H](O)CC3=C1CCC1C=C(O)C=C(OC)C12. The van der Waals surface area contributed by atoms with Gasteiger partial charge in [0, 0.05) is 12.0 Å². The van der Waals surface area contributed by atoms with E-state index >= 15 is 0 Å². The van der Waals surface area contributed by atoms with Crippen molar-refractivity contribution in [2.24, 2.45) is 17.3 Å². The first-order chi connectivity index (χ1) is 13.9. The van der Waals surface area contributed by atoms with Crippen molar-refractivity contribution >= 4 is 7.85 Å². The summed E-state index contributed by atoms with van der Waals surface area (Å²) >= 11 is 0. The molecular weight excluding hydrogens is 359 g/mol. The van der Waals surface area contributed by atoms with Crippen LogP contribution in [0.1, 0.15) is 44.1 Å². The second-order valence-corrected chi connectivity index (χ2v) is 9.90. The summed E-state index contributed by atoms with van der Waals surface area (Å²) in [7, 11) is 4.14. The Bertz CT molecular complexity index is 902. The van der Waals surface area contributed by atoms with Gasteiger partial charge in [-0.25, -0.2) is 0 Å². The molecule has 5 atom stereocenters. The van der Waals surface area contributed by atoms with Crippen LogP contribution >= 0.6 is 0 Å². The van der Waals surface area contributed by atoms with Crippen LogP contribution in [0.3, 0.4) is 0 Å². The Balaban J connectivity index is 1.59. The van der Waals surface area contributed by atoms with Crippen molar-refractivity contribution in [3.63, 3.8) is 0 Å². The van der Waals surface area contributed by atoms with Gasteiger partial charge in [0.05, 0.1) is 13.2 Å². The lowest BCUT2D eigenvalue weighted by Crippen LogP contribution is -2.44. The zero-order valence-corrected chi connectivity index (χ0v) is 17.5. The number of hydrogen-bond donors (Lipinski definition) is 2. The third-order valence-corrected chi connectivity index (χ3v) is 8.33. The number of ether oxygens (including phenoxy) is 1. The van der Waals surface area contributed by atoms with Crippen LogP contribution in [0.25, 0.3) is 0 Å². The minimum atomic E-state index is -0.228. The molecule has 0 radical (unpaired) electrons. The molecule has 2 N–H and O–H groups in total. The van der Waals surface area contributed by atoms with Gasteiger partial charge in [-0.05, 0) is 73.2 Å². The fraction of sp³-hybridized carbons (Fsp3) is 0.520. The molecule has 4 aliphatic rings. The van der Waals surface area contributed by atoms with Gasteiger partial charge < -0.3 is 14.9 Å². The van der Waals surface area contributed by atoms with Crippen LogP contribution in [0.2, 0.25) is 5.31 Å². The molecular formula is C25H31BO3. The number of aliphatic hydroxyl groups excluding tert-OH is 2. The average Bonchev–Trinajstić information content (AvgIpc) is 3.03. The molecule has 4 aliphatic carbocycles. The van der Waals surface area contributed by atoms with E-state index in [0.29, 0.717) is 11.7 Å². The maximum Gasteiger partial charge on any atom is 0.115 e. The summed E-state index contributed by atoms with van der Waals surface area (Å²) < 4.78 is 5.79. The maximum absolute atomic E-state index is 10.7. The van der Waals surface area contributed by atoms with Gasteiger partial charge >= 0.3 is 0 Å². The smallest absolute Gasteiger partial charge is 0.115 e. The molecule has 3 nitrogen and oxygen atoms in total. The largest absolute Gasteiger partial charge is 0.508 e. The summed E-state index contributed by atoms with van der Waals surface area (Å²) in [5, 5.41) is 21.0. The minimum Gasteiger partial charge on any atom is -0.508 e. The molecule has 2 fully saturated rings. The number of benzene rings is 1. The molecule has 0 bridgehead atoms. The summed E-state index contributed by atoms with van der Waals surface area (Å²) in [5.74, 6) is 1.88. The van der Waals surface area contributed by atoms with Gasteiger partial charge in [0.2, 0.25) is 0 Å². The van der Waals surface area contributed by atoms with Crippen molar-refractivity contribution in [3.05, 3.63) is 70.7 Å². The van der Waals surface area contributed by atoms with E-state index in [1.165, 1.54) is 11.1 Å².